The molecule has 200 valence electrons. The van der Waals surface area contributed by atoms with E-state index in [2.05, 4.69) is 0 Å². The van der Waals surface area contributed by atoms with Gasteiger partial charge in [0.2, 0.25) is 0 Å². The quantitative estimate of drug-likeness (QED) is 0.330. The van der Waals surface area contributed by atoms with Gasteiger partial charge in [-0.05, 0) is 24.3 Å². The van der Waals surface area contributed by atoms with Crippen molar-refractivity contribution in [2.24, 2.45) is 0 Å². The first kappa shape index (κ1) is 24.1. The molecule has 8 bridgehead atoms. The number of fused-ring (bicyclic) bond motifs is 14. The lowest BCUT2D eigenvalue weighted by atomic mass is 10.1. The van der Waals surface area contributed by atoms with Crippen molar-refractivity contribution < 1.29 is 9.47 Å². The van der Waals surface area contributed by atoms with Crippen LogP contribution in [0.5, 0.6) is 11.5 Å². The zero-order valence-electron chi connectivity index (χ0n) is 22.3. The first-order valence-corrected chi connectivity index (χ1v) is 13.2. The molecule has 40 heavy (non-hydrogen) atoms. The average Bonchev–Trinajstić information content (AvgIpc) is 3.39. The zero-order valence-corrected chi connectivity index (χ0v) is 22.3. The molecule has 1 aliphatic rings. The molecule has 1 aliphatic heterocycles. The third-order valence-electron chi connectivity index (χ3n) is 7.93. The topological polar surface area (TPSA) is 72.3 Å². The van der Waals surface area contributed by atoms with Crippen LogP contribution in [-0.2, 0) is 26.2 Å². The fraction of sp³-hybridized carbons (Fsp3) is 0.188. The molecule has 0 atom stereocenters. The van der Waals surface area contributed by atoms with E-state index in [0.717, 1.165) is 44.3 Å². The summed E-state index contributed by atoms with van der Waals surface area (Å²) in [6, 6.07) is 27.5. The van der Waals surface area contributed by atoms with E-state index in [-0.39, 0.29) is 11.4 Å². The molecule has 8 heteroatoms. The number of aromatic nitrogens is 4. The van der Waals surface area contributed by atoms with Crippen molar-refractivity contribution in [2.45, 2.75) is 26.2 Å². The maximum atomic E-state index is 14.0. The Morgan fingerprint density at radius 2 is 0.725 bits per heavy atom. The average molecular weight is 533 g/mol. The van der Waals surface area contributed by atoms with Crippen LogP contribution < -0.4 is 20.9 Å². The molecule has 0 amide bonds. The molecule has 6 aromatic rings. The van der Waals surface area contributed by atoms with Crippen molar-refractivity contribution in [3.63, 3.8) is 0 Å². The van der Waals surface area contributed by atoms with Crippen molar-refractivity contribution in [1.82, 2.24) is 18.3 Å². The Hall–Kier alpha value is -4.98. The Morgan fingerprint density at radius 1 is 0.450 bits per heavy atom. The summed E-state index contributed by atoms with van der Waals surface area (Å²) in [7, 11) is 3.27. The maximum Gasteiger partial charge on any atom is 0.329 e. The van der Waals surface area contributed by atoms with Crippen LogP contribution >= 0.6 is 0 Å². The van der Waals surface area contributed by atoms with Gasteiger partial charge in [0.1, 0.15) is 11.5 Å². The maximum absolute atomic E-state index is 14.0. The Labute approximate surface area is 229 Å². The van der Waals surface area contributed by atoms with Crippen molar-refractivity contribution in [3.05, 3.63) is 128 Å². The Bertz CT molecular complexity index is 1770. The molecule has 3 heterocycles. The monoisotopic (exact) mass is 532 g/mol. The first-order chi connectivity index (χ1) is 19.6. The van der Waals surface area contributed by atoms with Gasteiger partial charge in [-0.15, -0.1) is 0 Å². The minimum Gasteiger partial charge on any atom is -0.496 e. The van der Waals surface area contributed by atoms with Crippen LogP contribution in [0.2, 0.25) is 0 Å². The molecular formula is C32H28N4O4. The van der Waals surface area contributed by atoms with Crippen molar-refractivity contribution in [2.75, 3.05) is 14.2 Å². The molecule has 0 fully saturated rings. The molecule has 4 aromatic carbocycles. The van der Waals surface area contributed by atoms with E-state index >= 15 is 0 Å². The van der Waals surface area contributed by atoms with Gasteiger partial charge in [-0.3, -0.25) is 18.3 Å². The number of nitrogens with zero attached hydrogens (tertiary/aromatic N) is 4. The summed E-state index contributed by atoms with van der Waals surface area (Å²) in [6.07, 6.45) is 0. The Morgan fingerprint density at radius 3 is 0.975 bits per heavy atom. The SMILES string of the molecule is COc1c2cccc1Cn1c(=O)n(c3ccccc31)Cc1cccc(c1OC)Cn1c(=O)n(c3ccccc31)C2. The predicted octanol–water partition coefficient (Wildman–Crippen LogP) is 4.44. The summed E-state index contributed by atoms with van der Waals surface area (Å²) in [4.78, 5) is 27.9. The third kappa shape index (κ3) is 3.60. The highest BCUT2D eigenvalue weighted by Crippen LogP contribution is 2.30. The minimum absolute atomic E-state index is 0.108. The molecule has 0 unspecified atom stereocenters. The summed E-state index contributed by atoms with van der Waals surface area (Å²) in [5.74, 6) is 1.35. The van der Waals surface area contributed by atoms with Gasteiger partial charge >= 0.3 is 11.4 Å². The van der Waals surface area contributed by atoms with Gasteiger partial charge in [-0.2, -0.15) is 0 Å². The highest BCUT2D eigenvalue weighted by Gasteiger charge is 2.22. The number of para-hydroxylation sites is 6. The van der Waals surface area contributed by atoms with E-state index in [0.29, 0.717) is 37.7 Å². The van der Waals surface area contributed by atoms with Crippen LogP contribution in [0, 0.1) is 0 Å². The lowest BCUT2D eigenvalue weighted by Crippen LogP contribution is -2.27. The number of methoxy groups -OCH3 is 2. The summed E-state index contributed by atoms with van der Waals surface area (Å²) >= 11 is 0. The number of ether oxygens (including phenoxy) is 2. The molecular weight excluding hydrogens is 504 g/mol. The smallest absolute Gasteiger partial charge is 0.329 e. The molecule has 8 nitrogen and oxygen atoms in total. The van der Waals surface area contributed by atoms with E-state index in [1.165, 1.54) is 0 Å². The second kappa shape index (κ2) is 9.34. The molecule has 0 saturated carbocycles. The second-order valence-corrected chi connectivity index (χ2v) is 10.1. The lowest BCUT2D eigenvalue weighted by molar-refractivity contribution is 0.400. The molecule has 7 rings (SSSR count). The van der Waals surface area contributed by atoms with Crippen LogP contribution in [0.4, 0.5) is 0 Å². The van der Waals surface area contributed by atoms with Gasteiger partial charge in [0.25, 0.3) is 0 Å². The minimum atomic E-state index is -0.108. The lowest BCUT2D eigenvalue weighted by Gasteiger charge is -2.16. The van der Waals surface area contributed by atoms with E-state index in [1.54, 1.807) is 32.5 Å². The van der Waals surface area contributed by atoms with Crippen LogP contribution in [0.3, 0.4) is 0 Å². The van der Waals surface area contributed by atoms with Crippen LogP contribution in [-0.4, -0.2) is 32.5 Å². The van der Waals surface area contributed by atoms with Gasteiger partial charge in [0.15, 0.2) is 0 Å². The van der Waals surface area contributed by atoms with E-state index in [4.69, 9.17) is 9.47 Å². The first-order valence-electron chi connectivity index (χ1n) is 13.2. The number of benzene rings is 4. The van der Waals surface area contributed by atoms with Crippen LogP contribution in [0.15, 0.2) is 94.5 Å². The second-order valence-electron chi connectivity index (χ2n) is 10.1. The zero-order chi connectivity index (χ0) is 27.4. The number of hydrogen-bond donors (Lipinski definition) is 0. The number of hydrogen-bond acceptors (Lipinski definition) is 4. The van der Waals surface area contributed by atoms with Gasteiger partial charge in [0, 0.05) is 22.3 Å². The van der Waals surface area contributed by atoms with Gasteiger partial charge < -0.3 is 9.47 Å². The van der Waals surface area contributed by atoms with E-state index in [9.17, 15) is 9.59 Å². The Kier molecular flexibility index (Phi) is 5.62. The van der Waals surface area contributed by atoms with Crippen molar-refractivity contribution in [3.8, 4) is 11.5 Å². The molecule has 0 saturated heterocycles. The number of rotatable bonds is 2. The summed E-state index contributed by atoms with van der Waals surface area (Å²) in [5, 5.41) is 0. The molecule has 0 N–H and O–H groups in total. The number of imidazole rings is 2. The normalized spacial score (nSPS) is 13.1. The molecule has 0 aliphatic carbocycles. The molecule has 0 spiro atoms. The summed E-state index contributed by atoms with van der Waals surface area (Å²) in [5.41, 5.74) is 6.64. The third-order valence-corrected chi connectivity index (χ3v) is 7.93. The standard InChI is InChI=1S/C32H28N4O4/c1-39-29-21-9-7-10-22(29)18-34-26-14-4-6-16-28(26)36(32(34)38)20-24-12-8-11-23(30(24)40-2)19-35-27-15-5-3-13-25(27)33(17-21)31(35)37/h3-16H,17-20H2,1-2H3. The van der Waals surface area contributed by atoms with Crippen LogP contribution in [0.25, 0.3) is 22.1 Å². The largest absolute Gasteiger partial charge is 0.496 e. The highest BCUT2D eigenvalue weighted by atomic mass is 16.5. The summed E-state index contributed by atoms with van der Waals surface area (Å²) in [6.45, 7) is 1.32. The van der Waals surface area contributed by atoms with Crippen LogP contribution in [0.1, 0.15) is 22.3 Å². The van der Waals surface area contributed by atoms with E-state index in [1.807, 2.05) is 84.9 Å². The molecule has 0 radical (unpaired) electrons. The van der Waals surface area contributed by atoms with Gasteiger partial charge in [0.05, 0.1) is 62.5 Å². The fourth-order valence-electron chi connectivity index (χ4n) is 6.14. The Balaban J connectivity index is 1.55. The summed E-state index contributed by atoms with van der Waals surface area (Å²) < 4.78 is 19.0. The van der Waals surface area contributed by atoms with Crippen molar-refractivity contribution in [1.29, 1.82) is 0 Å². The van der Waals surface area contributed by atoms with Gasteiger partial charge in [-0.25, -0.2) is 9.59 Å². The van der Waals surface area contributed by atoms with Crippen molar-refractivity contribution >= 4 is 22.1 Å². The van der Waals surface area contributed by atoms with E-state index < -0.39 is 0 Å². The fourth-order valence-corrected chi connectivity index (χ4v) is 6.14. The molecule has 2 aromatic heterocycles. The van der Waals surface area contributed by atoms with Gasteiger partial charge in [-0.1, -0.05) is 60.7 Å². The predicted molar refractivity (Wildman–Crippen MR) is 155 cm³/mol. The highest BCUT2D eigenvalue weighted by molar-refractivity contribution is 5.77.